The number of aromatic nitrogens is 1. The number of carboxylic acid groups (broad SMARTS) is 1. The topological polar surface area (TPSA) is 101 Å². The van der Waals surface area contributed by atoms with E-state index in [4.69, 9.17) is 5.73 Å². The fourth-order valence-corrected chi connectivity index (χ4v) is 4.44. The van der Waals surface area contributed by atoms with Gasteiger partial charge in [-0.2, -0.15) is 0 Å². The number of nitrogens with zero attached hydrogens (tertiary/aromatic N) is 2. The Morgan fingerprint density at radius 1 is 1.41 bits per heavy atom. The summed E-state index contributed by atoms with van der Waals surface area (Å²) in [6.07, 6.45) is 4.12. The standard InChI is InChI=1S/C21H27FN4O3/c1-3-24-11(2)12-6-7-25(9-12)16-8-15-17(19(23)18(16)22)20(27)14(21(28)29)10-26(15)13-4-5-13/h8,10-13,24H,3-7,9,23H2,1-2H3,(H,28,29). The van der Waals surface area contributed by atoms with Gasteiger partial charge in [-0.3, -0.25) is 4.79 Å². The molecule has 2 heterocycles. The zero-order valence-corrected chi connectivity index (χ0v) is 16.7. The molecule has 2 aromatic rings. The number of halogens is 1. The maximum Gasteiger partial charge on any atom is 0.341 e. The fraction of sp³-hybridized carbons (Fsp3) is 0.524. The van der Waals surface area contributed by atoms with Crippen molar-refractivity contribution in [3.05, 3.63) is 33.9 Å². The van der Waals surface area contributed by atoms with Crippen LogP contribution in [0.15, 0.2) is 17.1 Å². The molecule has 0 bridgehead atoms. The largest absolute Gasteiger partial charge is 0.477 e. The minimum Gasteiger partial charge on any atom is -0.477 e. The average Bonchev–Trinajstić information content (AvgIpc) is 3.40. The number of rotatable bonds is 6. The molecule has 1 saturated carbocycles. The first-order valence-corrected chi connectivity index (χ1v) is 10.2. The Labute approximate surface area is 168 Å². The van der Waals surface area contributed by atoms with E-state index in [1.807, 2.05) is 4.90 Å². The van der Waals surface area contributed by atoms with Crippen molar-refractivity contribution < 1.29 is 14.3 Å². The third-order valence-electron chi connectivity index (χ3n) is 6.25. The molecule has 2 fully saturated rings. The van der Waals surface area contributed by atoms with Gasteiger partial charge in [-0.15, -0.1) is 0 Å². The number of carboxylic acids is 1. The molecule has 0 amide bonds. The van der Waals surface area contributed by atoms with Crippen LogP contribution in [0.5, 0.6) is 0 Å². The van der Waals surface area contributed by atoms with Gasteiger partial charge in [0.1, 0.15) is 5.56 Å². The predicted octanol–water partition coefficient (Wildman–Crippen LogP) is 2.58. The third-order valence-corrected chi connectivity index (χ3v) is 6.25. The number of benzene rings is 1. The number of pyridine rings is 1. The van der Waals surface area contributed by atoms with Crippen LogP contribution in [0.3, 0.4) is 0 Å². The Morgan fingerprint density at radius 2 is 2.14 bits per heavy atom. The number of anilines is 2. The minimum atomic E-state index is -1.32. The average molecular weight is 402 g/mol. The molecule has 2 aliphatic rings. The number of nitrogen functional groups attached to an aromatic ring is 1. The van der Waals surface area contributed by atoms with Crippen LogP contribution in [-0.4, -0.2) is 41.3 Å². The summed E-state index contributed by atoms with van der Waals surface area (Å²) in [5.74, 6) is -1.57. The van der Waals surface area contributed by atoms with Crippen LogP contribution >= 0.6 is 0 Å². The molecule has 7 nitrogen and oxygen atoms in total. The lowest BCUT2D eigenvalue weighted by molar-refractivity contribution is 0.0695. The van der Waals surface area contributed by atoms with Crippen molar-refractivity contribution in [2.75, 3.05) is 30.3 Å². The molecule has 1 aromatic heterocycles. The molecule has 29 heavy (non-hydrogen) atoms. The van der Waals surface area contributed by atoms with Crippen molar-refractivity contribution >= 4 is 28.2 Å². The summed E-state index contributed by atoms with van der Waals surface area (Å²) in [4.78, 5) is 26.2. The number of hydrogen-bond donors (Lipinski definition) is 3. The lowest BCUT2D eigenvalue weighted by Crippen LogP contribution is -2.35. The summed E-state index contributed by atoms with van der Waals surface area (Å²) in [5.41, 5.74) is 5.61. The van der Waals surface area contributed by atoms with Gasteiger partial charge in [0.15, 0.2) is 5.82 Å². The van der Waals surface area contributed by atoms with Crippen molar-refractivity contribution in [3.8, 4) is 0 Å². The van der Waals surface area contributed by atoms with Crippen molar-refractivity contribution in [1.82, 2.24) is 9.88 Å². The molecule has 4 N–H and O–H groups in total. The molecule has 8 heteroatoms. The highest BCUT2D eigenvalue weighted by atomic mass is 19.1. The van der Waals surface area contributed by atoms with E-state index >= 15 is 4.39 Å². The zero-order chi connectivity index (χ0) is 20.9. The van der Waals surface area contributed by atoms with E-state index in [-0.39, 0.29) is 22.7 Å². The van der Waals surface area contributed by atoms with Crippen LogP contribution in [0.1, 0.15) is 49.5 Å². The van der Waals surface area contributed by atoms with Gasteiger partial charge in [-0.25, -0.2) is 9.18 Å². The Morgan fingerprint density at radius 3 is 2.76 bits per heavy atom. The van der Waals surface area contributed by atoms with Gasteiger partial charge in [0.25, 0.3) is 0 Å². The van der Waals surface area contributed by atoms with Gasteiger partial charge >= 0.3 is 5.97 Å². The Bertz CT molecular complexity index is 1030. The quantitative estimate of drug-likeness (QED) is 0.642. The van der Waals surface area contributed by atoms with Gasteiger partial charge in [-0.1, -0.05) is 6.92 Å². The summed E-state index contributed by atoms with van der Waals surface area (Å²) in [6, 6.07) is 2.12. The third kappa shape index (κ3) is 3.35. The summed E-state index contributed by atoms with van der Waals surface area (Å²) in [7, 11) is 0. The van der Waals surface area contributed by atoms with Gasteiger partial charge in [0.2, 0.25) is 5.43 Å². The molecular formula is C21H27FN4O3. The van der Waals surface area contributed by atoms with E-state index in [1.54, 1.807) is 10.6 Å². The normalized spacial score (nSPS) is 20.4. The van der Waals surface area contributed by atoms with Gasteiger partial charge in [0, 0.05) is 31.4 Å². The van der Waals surface area contributed by atoms with Crippen LogP contribution in [0, 0.1) is 11.7 Å². The zero-order valence-electron chi connectivity index (χ0n) is 16.7. The van der Waals surface area contributed by atoms with Crippen molar-refractivity contribution in [3.63, 3.8) is 0 Å². The van der Waals surface area contributed by atoms with Crippen molar-refractivity contribution in [2.24, 2.45) is 5.92 Å². The number of hydrogen-bond acceptors (Lipinski definition) is 5. The van der Waals surface area contributed by atoms with E-state index in [9.17, 15) is 14.7 Å². The highest BCUT2D eigenvalue weighted by Crippen LogP contribution is 2.40. The lowest BCUT2D eigenvalue weighted by Gasteiger charge is -2.24. The second-order valence-electron chi connectivity index (χ2n) is 8.17. The number of nitrogens with two attached hydrogens (primary N) is 1. The summed E-state index contributed by atoms with van der Waals surface area (Å²) >= 11 is 0. The molecule has 4 rings (SSSR count). The monoisotopic (exact) mass is 402 g/mol. The summed E-state index contributed by atoms with van der Waals surface area (Å²) in [5, 5.41) is 12.8. The maximum atomic E-state index is 15.2. The molecule has 156 valence electrons. The summed E-state index contributed by atoms with van der Waals surface area (Å²) < 4.78 is 17.0. The molecule has 2 unspecified atom stereocenters. The maximum absolute atomic E-state index is 15.2. The Kier molecular flexibility index (Phi) is 4.98. The smallest absolute Gasteiger partial charge is 0.341 e. The van der Waals surface area contributed by atoms with E-state index in [1.165, 1.54) is 6.20 Å². The molecule has 0 spiro atoms. The van der Waals surface area contributed by atoms with Gasteiger partial charge in [0.05, 0.1) is 22.3 Å². The number of aromatic carboxylic acids is 1. The number of fused-ring (bicyclic) bond motifs is 1. The number of nitrogens with one attached hydrogen (secondary N) is 1. The first-order valence-electron chi connectivity index (χ1n) is 10.2. The summed E-state index contributed by atoms with van der Waals surface area (Å²) in [6.45, 7) is 6.50. The first kappa shape index (κ1) is 19.7. The van der Waals surface area contributed by atoms with Crippen molar-refractivity contribution in [2.45, 2.75) is 45.2 Å². The van der Waals surface area contributed by atoms with Crippen LogP contribution in [0.4, 0.5) is 15.8 Å². The highest BCUT2D eigenvalue weighted by Gasteiger charge is 2.32. The highest BCUT2D eigenvalue weighted by molar-refractivity contribution is 5.99. The molecule has 1 aliphatic carbocycles. The van der Waals surface area contributed by atoms with Crippen molar-refractivity contribution in [1.29, 1.82) is 0 Å². The minimum absolute atomic E-state index is 0.0326. The molecule has 1 aliphatic heterocycles. The van der Waals surface area contributed by atoms with Gasteiger partial charge in [-0.05, 0) is 44.7 Å². The molecule has 0 radical (unpaired) electrons. The SMILES string of the molecule is CCNC(C)C1CCN(c2cc3c(c(N)c2F)c(=O)c(C(=O)O)cn3C2CC2)C1. The Balaban J connectivity index is 1.83. The van der Waals surface area contributed by atoms with E-state index in [2.05, 4.69) is 19.2 Å². The Hall–Kier alpha value is -2.61. The number of carbonyl (C=O) groups is 1. The molecule has 1 aromatic carbocycles. The van der Waals surface area contributed by atoms with Crippen LogP contribution in [-0.2, 0) is 0 Å². The lowest BCUT2D eigenvalue weighted by atomic mass is 10.0. The van der Waals surface area contributed by atoms with E-state index in [0.717, 1.165) is 25.8 Å². The molecular weight excluding hydrogens is 375 g/mol. The van der Waals surface area contributed by atoms with Crippen LogP contribution < -0.4 is 21.4 Å². The second-order valence-corrected chi connectivity index (χ2v) is 8.17. The first-order chi connectivity index (χ1) is 13.8. The van der Waals surface area contributed by atoms with Crippen LogP contribution in [0.2, 0.25) is 0 Å². The molecule has 2 atom stereocenters. The van der Waals surface area contributed by atoms with E-state index in [0.29, 0.717) is 36.3 Å². The van der Waals surface area contributed by atoms with E-state index < -0.39 is 17.2 Å². The van der Waals surface area contributed by atoms with Crippen LogP contribution in [0.25, 0.3) is 10.9 Å². The fourth-order valence-electron chi connectivity index (χ4n) is 4.44. The second kappa shape index (κ2) is 7.33. The van der Waals surface area contributed by atoms with Gasteiger partial charge < -0.3 is 25.6 Å². The molecule has 1 saturated heterocycles. The predicted molar refractivity (Wildman–Crippen MR) is 111 cm³/mol.